The third-order valence-electron chi connectivity index (χ3n) is 5.68. The Labute approximate surface area is 301 Å². The number of nitrogens with zero attached hydrogens (tertiary/aromatic N) is 2. The summed E-state index contributed by atoms with van der Waals surface area (Å²) in [5.74, 6) is -1.81. The van der Waals surface area contributed by atoms with E-state index in [1.54, 1.807) is 12.1 Å². The smallest absolute Gasteiger partial charge is 0.354 e. The number of aromatic carboxylic acids is 1. The van der Waals surface area contributed by atoms with Crippen molar-refractivity contribution in [3.05, 3.63) is 104 Å². The maximum absolute atomic E-state index is 12.2. The lowest BCUT2D eigenvalue weighted by atomic mass is 10.2. The van der Waals surface area contributed by atoms with E-state index in [1.165, 1.54) is 56.8 Å². The highest BCUT2D eigenvalue weighted by Crippen LogP contribution is 2.36. The van der Waals surface area contributed by atoms with Gasteiger partial charge >= 0.3 is 17.9 Å². The molecule has 0 bridgehead atoms. The fourth-order valence-electron chi connectivity index (χ4n) is 3.50. The van der Waals surface area contributed by atoms with E-state index in [0.717, 1.165) is 6.20 Å². The van der Waals surface area contributed by atoms with Crippen molar-refractivity contribution in [2.24, 2.45) is 0 Å². The Morgan fingerprint density at radius 3 is 1.47 bits per heavy atom. The number of amides is 1. The Kier molecular flexibility index (Phi) is 16.4. The highest BCUT2D eigenvalue weighted by molar-refractivity contribution is 6.38. The average Bonchev–Trinajstić information content (AvgIpc) is 3.08. The fourth-order valence-corrected chi connectivity index (χ4v) is 4.71. The molecule has 0 saturated heterocycles. The zero-order valence-corrected chi connectivity index (χ0v) is 29.4. The van der Waals surface area contributed by atoms with E-state index in [4.69, 9.17) is 66.7 Å². The van der Waals surface area contributed by atoms with Gasteiger partial charge in [0.15, 0.2) is 11.5 Å². The van der Waals surface area contributed by atoms with Crippen LogP contribution in [0.3, 0.4) is 0 Å². The number of carbonyl (C=O) groups is 4. The van der Waals surface area contributed by atoms with Gasteiger partial charge < -0.3 is 35.1 Å². The van der Waals surface area contributed by atoms with Crippen molar-refractivity contribution in [3.8, 4) is 11.5 Å². The molecule has 0 unspecified atom stereocenters. The van der Waals surface area contributed by atoms with Crippen LogP contribution in [0, 0.1) is 0 Å². The highest BCUT2D eigenvalue weighted by Gasteiger charge is 2.14. The van der Waals surface area contributed by atoms with E-state index < -0.39 is 23.8 Å². The van der Waals surface area contributed by atoms with E-state index >= 15 is 0 Å². The van der Waals surface area contributed by atoms with E-state index in [1.807, 2.05) is 13.8 Å². The number of nitrogens with two attached hydrogens (primary N) is 1. The standard InChI is InChI=1S/C16H14Cl2N2O4.C8H9Cl2NO.C8H7NO4/c1-3-24-14-11(17)6-10(7-12(14)18)20-15(21)13-5-4-9(8-19-13)16(22)23-2;1-2-12-8-6(9)3-5(11)4-7(8)10;1-13-8(12)5-2-3-6(7(10)11)9-4-5/h4-8H,3H2,1-2H3,(H,20,21);3-4H,2,11H2,1H3;2-4H,1H3,(H,10,11). The van der Waals surface area contributed by atoms with Crippen LogP contribution in [0.25, 0.3) is 0 Å². The molecule has 1 amide bonds. The minimum absolute atomic E-state index is 0.104. The van der Waals surface area contributed by atoms with Gasteiger partial charge in [0.1, 0.15) is 11.4 Å². The summed E-state index contributed by atoms with van der Waals surface area (Å²) >= 11 is 23.8. The van der Waals surface area contributed by atoms with Gasteiger partial charge in [-0.15, -0.1) is 0 Å². The number of aromatic nitrogens is 2. The monoisotopic (exact) mass is 754 g/mol. The first-order valence-corrected chi connectivity index (χ1v) is 15.4. The number of methoxy groups -OCH3 is 2. The number of carbonyl (C=O) groups excluding carboxylic acids is 3. The molecule has 0 aliphatic heterocycles. The number of rotatable bonds is 9. The molecule has 4 N–H and O–H groups in total. The first-order valence-electron chi connectivity index (χ1n) is 13.9. The molecule has 2 aromatic heterocycles. The molecular formula is C32H30Cl4N4O9. The molecule has 0 radical (unpaired) electrons. The summed E-state index contributed by atoms with van der Waals surface area (Å²) in [5.41, 5.74) is 6.94. The second kappa shape index (κ2) is 19.9. The van der Waals surface area contributed by atoms with Gasteiger partial charge in [-0.2, -0.15) is 0 Å². The third kappa shape index (κ3) is 12.3. The van der Waals surface area contributed by atoms with Crippen LogP contribution in [-0.4, -0.2) is 66.3 Å². The molecule has 260 valence electrons. The topological polar surface area (TPSA) is 189 Å². The molecule has 0 fully saturated rings. The summed E-state index contributed by atoms with van der Waals surface area (Å²) in [7, 11) is 2.51. The summed E-state index contributed by atoms with van der Waals surface area (Å²) in [5, 5.41) is 12.6. The quantitative estimate of drug-likeness (QED) is 0.114. The van der Waals surface area contributed by atoms with Gasteiger partial charge in [-0.25, -0.2) is 19.4 Å². The van der Waals surface area contributed by atoms with Crippen molar-refractivity contribution in [3.63, 3.8) is 0 Å². The lowest BCUT2D eigenvalue weighted by molar-refractivity contribution is 0.0591. The number of hydrogen-bond acceptors (Lipinski definition) is 11. The molecule has 49 heavy (non-hydrogen) atoms. The first-order chi connectivity index (χ1) is 23.3. The number of esters is 2. The summed E-state index contributed by atoms with van der Waals surface area (Å²) in [4.78, 5) is 52.3. The van der Waals surface area contributed by atoms with Crippen molar-refractivity contribution in [2.75, 3.05) is 38.5 Å². The third-order valence-corrected chi connectivity index (χ3v) is 6.80. The summed E-state index contributed by atoms with van der Waals surface area (Å²) in [6, 6.07) is 11.7. The van der Waals surface area contributed by atoms with Crippen LogP contribution in [0.4, 0.5) is 11.4 Å². The van der Waals surface area contributed by atoms with E-state index in [2.05, 4.69) is 24.8 Å². The molecule has 0 spiro atoms. The number of pyridine rings is 2. The van der Waals surface area contributed by atoms with Crippen LogP contribution >= 0.6 is 46.4 Å². The Morgan fingerprint density at radius 1 is 0.714 bits per heavy atom. The number of hydrogen-bond donors (Lipinski definition) is 3. The molecule has 2 heterocycles. The van der Waals surface area contributed by atoms with E-state index in [-0.39, 0.29) is 32.6 Å². The Bertz CT molecular complexity index is 1730. The maximum Gasteiger partial charge on any atom is 0.354 e. The van der Waals surface area contributed by atoms with Crippen LogP contribution in [0.5, 0.6) is 11.5 Å². The summed E-state index contributed by atoms with van der Waals surface area (Å²) < 4.78 is 19.5. The van der Waals surface area contributed by atoms with Crippen molar-refractivity contribution in [1.82, 2.24) is 9.97 Å². The number of nitrogen functional groups attached to an aromatic ring is 1. The number of carboxylic acids is 1. The van der Waals surface area contributed by atoms with Crippen molar-refractivity contribution >= 4 is 81.6 Å². The van der Waals surface area contributed by atoms with Crippen LogP contribution in [0.2, 0.25) is 20.1 Å². The molecule has 17 heteroatoms. The predicted octanol–water partition coefficient (Wildman–Crippen LogP) is 7.37. The van der Waals surface area contributed by atoms with Crippen molar-refractivity contribution in [1.29, 1.82) is 0 Å². The molecule has 13 nitrogen and oxygen atoms in total. The van der Waals surface area contributed by atoms with Gasteiger partial charge in [0.25, 0.3) is 5.91 Å². The SMILES string of the molecule is CCOc1c(Cl)cc(N)cc1Cl.CCOc1c(Cl)cc(NC(=O)c2ccc(C(=O)OC)cn2)cc1Cl.COC(=O)c1ccc(C(=O)O)nc1. The second-order valence-electron chi connectivity index (χ2n) is 9.06. The highest BCUT2D eigenvalue weighted by atomic mass is 35.5. The molecule has 0 aliphatic rings. The molecule has 4 aromatic rings. The van der Waals surface area contributed by atoms with E-state index in [0.29, 0.717) is 46.1 Å². The molecule has 0 saturated carbocycles. The van der Waals surface area contributed by atoms with Gasteiger partial charge in [-0.1, -0.05) is 46.4 Å². The number of nitrogens with one attached hydrogen (secondary N) is 1. The number of anilines is 2. The van der Waals surface area contributed by atoms with Crippen LogP contribution < -0.4 is 20.5 Å². The predicted molar refractivity (Wildman–Crippen MR) is 186 cm³/mol. The average molecular weight is 756 g/mol. The normalized spacial score (nSPS) is 9.88. The van der Waals surface area contributed by atoms with Crippen molar-refractivity contribution in [2.45, 2.75) is 13.8 Å². The second-order valence-corrected chi connectivity index (χ2v) is 10.7. The molecular weight excluding hydrogens is 726 g/mol. The molecule has 2 aromatic carbocycles. The number of carboxylic acid groups (broad SMARTS) is 1. The van der Waals surface area contributed by atoms with Gasteiger partial charge in [0.2, 0.25) is 0 Å². The number of halogens is 4. The van der Waals surface area contributed by atoms with Crippen LogP contribution in [0.15, 0.2) is 60.9 Å². The number of benzene rings is 2. The molecule has 4 rings (SSSR count). The largest absolute Gasteiger partial charge is 0.491 e. The number of ether oxygens (including phenoxy) is 4. The summed E-state index contributed by atoms with van der Waals surface area (Å²) in [6.45, 7) is 4.62. The summed E-state index contributed by atoms with van der Waals surface area (Å²) in [6.07, 6.45) is 2.42. The minimum Gasteiger partial charge on any atom is -0.491 e. The Morgan fingerprint density at radius 2 is 1.12 bits per heavy atom. The first kappa shape index (κ1) is 40.4. The maximum atomic E-state index is 12.2. The van der Waals surface area contributed by atoms with Crippen molar-refractivity contribution < 1.29 is 43.2 Å². The van der Waals surface area contributed by atoms with Gasteiger partial charge in [-0.3, -0.25) is 9.78 Å². The zero-order chi connectivity index (χ0) is 36.7. The molecule has 0 atom stereocenters. The van der Waals surface area contributed by atoms with Crippen LogP contribution in [0.1, 0.15) is 55.5 Å². The zero-order valence-electron chi connectivity index (χ0n) is 26.4. The fraction of sp³-hybridized carbons (Fsp3) is 0.188. The molecule has 0 aliphatic carbocycles. The van der Waals surface area contributed by atoms with Gasteiger partial charge in [0, 0.05) is 23.8 Å². The van der Waals surface area contributed by atoms with Crippen LogP contribution in [-0.2, 0) is 9.47 Å². The minimum atomic E-state index is -1.13. The van der Waals surface area contributed by atoms with Gasteiger partial charge in [-0.05, 0) is 62.4 Å². The van der Waals surface area contributed by atoms with E-state index in [9.17, 15) is 19.2 Å². The Hall–Kier alpha value is -4.82. The lowest BCUT2D eigenvalue weighted by Crippen LogP contribution is -2.14. The van der Waals surface area contributed by atoms with Gasteiger partial charge in [0.05, 0.1) is 58.7 Å². The lowest BCUT2D eigenvalue weighted by Gasteiger charge is -2.11. The Balaban J connectivity index is 0.000000281.